The zero-order chi connectivity index (χ0) is 22.1. The Kier molecular flexibility index (Phi) is 5.75. The highest BCUT2D eigenvalue weighted by Crippen LogP contribution is 2.22. The summed E-state index contributed by atoms with van der Waals surface area (Å²) in [5, 5.41) is 3.00. The first-order chi connectivity index (χ1) is 14.8. The SMILES string of the molecule is Cn1c(=O)n(Cc2ccccc2)c(=O)c2cc(C(=O)NCc3ccc(F)c(Cl)c3)sc21. The van der Waals surface area contributed by atoms with E-state index in [0.717, 1.165) is 21.5 Å². The number of nitrogens with one attached hydrogen (secondary N) is 1. The molecule has 0 aliphatic heterocycles. The number of carbonyl (C=O) groups excluding carboxylic acids is 1. The third kappa shape index (κ3) is 4.17. The van der Waals surface area contributed by atoms with Gasteiger partial charge >= 0.3 is 5.69 Å². The Morgan fingerprint density at radius 3 is 2.55 bits per heavy atom. The monoisotopic (exact) mass is 457 g/mol. The van der Waals surface area contributed by atoms with E-state index in [0.29, 0.717) is 20.7 Å². The van der Waals surface area contributed by atoms with Crippen LogP contribution in [0.3, 0.4) is 0 Å². The molecule has 9 heteroatoms. The van der Waals surface area contributed by atoms with Crippen LogP contribution in [0.15, 0.2) is 64.2 Å². The minimum Gasteiger partial charge on any atom is -0.347 e. The molecule has 2 aromatic heterocycles. The summed E-state index contributed by atoms with van der Waals surface area (Å²) in [6.45, 7) is 0.287. The van der Waals surface area contributed by atoms with E-state index in [9.17, 15) is 18.8 Å². The number of amides is 1. The van der Waals surface area contributed by atoms with Crippen LogP contribution < -0.4 is 16.6 Å². The van der Waals surface area contributed by atoms with Gasteiger partial charge in [-0.2, -0.15) is 0 Å². The fourth-order valence-electron chi connectivity index (χ4n) is 3.22. The van der Waals surface area contributed by atoms with Gasteiger partial charge in [0.2, 0.25) is 0 Å². The summed E-state index contributed by atoms with van der Waals surface area (Å²) in [5.74, 6) is -0.933. The smallest absolute Gasteiger partial charge is 0.332 e. The maximum absolute atomic E-state index is 13.3. The Morgan fingerprint density at radius 2 is 1.84 bits per heavy atom. The molecular formula is C22H17ClFN3O3S. The molecule has 2 heterocycles. The van der Waals surface area contributed by atoms with Crippen LogP contribution in [-0.2, 0) is 20.1 Å². The summed E-state index contributed by atoms with van der Waals surface area (Å²) in [6, 6.07) is 14.9. The molecule has 158 valence electrons. The Labute approximate surface area is 185 Å². The lowest BCUT2D eigenvalue weighted by Gasteiger charge is -2.08. The van der Waals surface area contributed by atoms with E-state index in [-0.39, 0.29) is 18.1 Å². The lowest BCUT2D eigenvalue weighted by Crippen LogP contribution is -2.38. The van der Waals surface area contributed by atoms with Crippen LogP contribution in [0.2, 0.25) is 5.02 Å². The average Bonchev–Trinajstić information content (AvgIpc) is 3.22. The molecule has 0 aliphatic rings. The first-order valence-electron chi connectivity index (χ1n) is 9.34. The fourth-order valence-corrected chi connectivity index (χ4v) is 4.44. The second-order valence-electron chi connectivity index (χ2n) is 6.98. The number of aryl methyl sites for hydroxylation is 1. The highest BCUT2D eigenvalue weighted by atomic mass is 35.5. The molecular weight excluding hydrogens is 441 g/mol. The van der Waals surface area contributed by atoms with Gasteiger partial charge in [-0.1, -0.05) is 48.0 Å². The van der Waals surface area contributed by atoms with Gasteiger partial charge in [0.15, 0.2) is 0 Å². The number of carbonyl (C=O) groups is 1. The highest BCUT2D eigenvalue weighted by molar-refractivity contribution is 7.20. The third-order valence-electron chi connectivity index (χ3n) is 4.85. The standard InChI is InChI=1S/C22H17ClFN3O3S/c1-26-21-15(20(29)27(22(26)30)12-13-5-3-2-4-6-13)10-18(31-21)19(28)25-11-14-7-8-17(24)16(23)9-14/h2-10H,11-12H2,1H3,(H,25,28). The van der Waals surface area contributed by atoms with Crippen LogP contribution in [0.5, 0.6) is 0 Å². The Balaban J connectivity index is 1.64. The van der Waals surface area contributed by atoms with Gasteiger partial charge in [0, 0.05) is 13.6 Å². The van der Waals surface area contributed by atoms with Crippen molar-refractivity contribution in [3.63, 3.8) is 0 Å². The summed E-state index contributed by atoms with van der Waals surface area (Å²) in [6.07, 6.45) is 0. The largest absolute Gasteiger partial charge is 0.347 e. The van der Waals surface area contributed by atoms with Crippen LogP contribution in [0.4, 0.5) is 4.39 Å². The molecule has 0 saturated heterocycles. The summed E-state index contributed by atoms with van der Waals surface area (Å²) in [7, 11) is 1.57. The first kappa shape index (κ1) is 21.0. The Bertz CT molecular complexity index is 1410. The topological polar surface area (TPSA) is 73.1 Å². The van der Waals surface area contributed by atoms with Gasteiger partial charge in [-0.05, 0) is 29.3 Å². The van der Waals surface area contributed by atoms with Crippen LogP contribution in [0.25, 0.3) is 10.2 Å². The number of aromatic nitrogens is 2. The first-order valence-corrected chi connectivity index (χ1v) is 10.5. The third-order valence-corrected chi connectivity index (χ3v) is 6.35. The van der Waals surface area contributed by atoms with E-state index in [2.05, 4.69) is 5.32 Å². The molecule has 0 saturated carbocycles. The van der Waals surface area contributed by atoms with Crippen molar-refractivity contribution in [2.24, 2.45) is 7.05 Å². The molecule has 2 aromatic carbocycles. The van der Waals surface area contributed by atoms with E-state index in [1.54, 1.807) is 7.05 Å². The Hall–Kier alpha value is -3.23. The van der Waals surface area contributed by atoms with Gasteiger partial charge in [-0.25, -0.2) is 9.18 Å². The van der Waals surface area contributed by atoms with Crippen LogP contribution in [0.1, 0.15) is 20.8 Å². The number of nitrogens with zero attached hydrogens (tertiary/aromatic N) is 2. The van der Waals surface area contributed by atoms with Crippen molar-refractivity contribution in [3.8, 4) is 0 Å². The maximum atomic E-state index is 13.3. The average molecular weight is 458 g/mol. The quantitative estimate of drug-likeness (QED) is 0.498. The van der Waals surface area contributed by atoms with Gasteiger partial charge in [0.1, 0.15) is 10.6 Å². The van der Waals surface area contributed by atoms with Crippen molar-refractivity contribution in [3.05, 3.63) is 102 Å². The van der Waals surface area contributed by atoms with Crippen molar-refractivity contribution in [1.82, 2.24) is 14.5 Å². The number of benzene rings is 2. The van der Waals surface area contributed by atoms with Gasteiger partial charge in [-0.3, -0.25) is 18.7 Å². The van der Waals surface area contributed by atoms with Crippen molar-refractivity contribution >= 4 is 39.1 Å². The van der Waals surface area contributed by atoms with Crippen molar-refractivity contribution < 1.29 is 9.18 Å². The van der Waals surface area contributed by atoms with Gasteiger partial charge < -0.3 is 5.32 Å². The second kappa shape index (κ2) is 8.49. The predicted molar refractivity (Wildman–Crippen MR) is 119 cm³/mol. The lowest BCUT2D eigenvalue weighted by atomic mass is 10.2. The van der Waals surface area contributed by atoms with E-state index in [4.69, 9.17) is 11.6 Å². The summed E-state index contributed by atoms with van der Waals surface area (Å²) < 4.78 is 15.8. The van der Waals surface area contributed by atoms with Gasteiger partial charge in [0.05, 0.1) is 21.8 Å². The molecule has 6 nitrogen and oxygen atoms in total. The van der Waals surface area contributed by atoms with E-state index in [1.807, 2.05) is 30.3 Å². The number of thiophene rings is 1. The number of halogens is 2. The van der Waals surface area contributed by atoms with E-state index < -0.39 is 23.0 Å². The molecule has 31 heavy (non-hydrogen) atoms. The summed E-state index contributed by atoms with van der Waals surface area (Å²) in [5.41, 5.74) is 0.573. The molecule has 1 amide bonds. The molecule has 0 aliphatic carbocycles. The van der Waals surface area contributed by atoms with Crippen LogP contribution >= 0.6 is 22.9 Å². The van der Waals surface area contributed by atoms with Crippen LogP contribution in [0, 0.1) is 5.82 Å². The van der Waals surface area contributed by atoms with Gasteiger partial charge in [-0.15, -0.1) is 11.3 Å². The molecule has 0 bridgehead atoms. The number of hydrogen-bond donors (Lipinski definition) is 1. The molecule has 0 spiro atoms. The summed E-state index contributed by atoms with van der Waals surface area (Å²) in [4.78, 5) is 39.1. The minimum absolute atomic E-state index is 0.0254. The second-order valence-corrected chi connectivity index (χ2v) is 8.42. The highest BCUT2D eigenvalue weighted by Gasteiger charge is 2.18. The molecule has 4 rings (SSSR count). The van der Waals surface area contributed by atoms with Gasteiger partial charge in [0.25, 0.3) is 11.5 Å². The Morgan fingerprint density at radius 1 is 1.10 bits per heavy atom. The zero-order valence-corrected chi connectivity index (χ0v) is 18.0. The zero-order valence-electron chi connectivity index (χ0n) is 16.4. The van der Waals surface area contributed by atoms with E-state index in [1.165, 1.54) is 28.8 Å². The van der Waals surface area contributed by atoms with E-state index >= 15 is 0 Å². The number of hydrogen-bond acceptors (Lipinski definition) is 4. The molecule has 0 fully saturated rings. The fraction of sp³-hybridized carbons (Fsp3) is 0.136. The van der Waals surface area contributed by atoms with Crippen LogP contribution in [-0.4, -0.2) is 15.0 Å². The van der Waals surface area contributed by atoms with Crippen molar-refractivity contribution in [2.75, 3.05) is 0 Å². The molecule has 1 N–H and O–H groups in total. The molecule has 4 aromatic rings. The number of fused-ring (bicyclic) bond motifs is 1. The summed E-state index contributed by atoms with van der Waals surface area (Å²) >= 11 is 6.83. The minimum atomic E-state index is -0.533. The number of rotatable bonds is 5. The normalized spacial score (nSPS) is 11.1. The molecule has 0 unspecified atom stereocenters. The maximum Gasteiger partial charge on any atom is 0.332 e. The molecule has 0 radical (unpaired) electrons. The van der Waals surface area contributed by atoms with Crippen molar-refractivity contribution in [1.29, 1.82) is 0 Å². The van der Waals surface area contributed by atoms with Crippen molar-refractivity contribution in [2.45, 2.75) is 13.1 Å². The predicted octanol–water partition coefficient (Wildman–Crippen LogP) is 3.53. The lowest BCUT2D eigenvalue weighted by molar-refractivity contribution is 0.0955. The molecule has 0 atom stereocenters.